The van der Waals surface area contributed by atoms with Crippen molar-refractivity contribution in [2.75, 3.05) is 6.54 Å². The summed E-state index contributed by atoms with van der Waals surface area (Å²) in [5, 5.41) is 11.7. The lowest BCUT2D eigenvalue weighted by atomic mass is 9.33. The van der Waals surface area contributed by atoms with Crippen molar-refractivity contribution in [1.82, 2.24) is 5.32 Å². The molecule has 0 saturated heterocycles. The molecule has 0 aromatic heterocycles. The largest absolute Gasteiger partial charge is 0.480 e. The van der Waals surface area contributed by atoms with Crippen LogP contribution < -0.4 is 11.1 Å². The Labute approximate surface area is 112 Å². The summed E-state index contributed by atoms with van der Waals surface area (Å²) in [7, 11) is 0. The molecule has 3 aliphatic carbocycles. The average Bonchev–Trinajstić information content (AvgIpc) is 2.09. The normalized spacial score (nSPS) is 33.7. The summed E-state index contributed by atoms with van der Waals surface area (Å²) < 4.78 is 5.16. The van der Waals surface area contributed by atoms with E-state index in [-0.39, 0.29) is 10.8 Å². The van der Waals surface area contributed by atoms with E-state index in [0.29, 0.717) is 6.54 Å². The molecule has 0 aromatic carbocycles. The predicted octanol–water partition coefficient (Wildman–Crippen LogP) is 1.09. The third-order valence-electron chi connectivity index (χ3n) is 4.11. The second-order valence-corrected chi connectivity index (χ2v) is 7.06. The highest BCUT2D eigenvalue weighted by Gasteiger charge is 2.70. The van der Waals surface area contributed by atoms with Gasteiger partial charge in [0.1, 0.15) is 11.6 Å². The molecule has 1 amide bonds. The Morgan fingerprint density at radius 1 is 1.37 bits per heavy atom. The van der Waals surface area contributed by atoms with Crippen molar-refractivity contribution < 1.29 is 19.4 Å². The maximum Gasteiger partial charge on any atom is 0.407 e. The molecule has 3 fully saturated rings. The summed E-state index contributed by atoms with van der Waals surface area (Å²) in [5.74, 6) is -0.937. The lowest BCUT2D eigenvalue weighted by Gasteiger charge is -2.72. The van der Waals surface area contributed by atoms with Gasteiger partial charge in [-0.2, -0.15) is 0 Å². The standard InChI is InChI=1S/C13H22N2O4/c1-11(2,3)19-10(18)15-7-12-4-13(5-12,6-12)8(14)9(16)17/h8H,4-7,14H2,1-3H3,(H,15,18)(H,16,17)/t8-,12?,13?/m1/s1. The van der Waals surface area contributed by atoms with Crippen LogP contribution in [0.2, 0.25) is 0 Å². The number of alkyl carbamates (subject to hydrolysis) is 1. The van der Waals surface area contributed by atoms with Gasteiger partial charge in [-0.05, 0) is 50.9 Å². The number of nitrogens with one attached hydrogen (secondary N) is 1. The van der Waals surface area contributed by atoms with E-state index in [1.807, 2.05) is 20.8 Å². The number of hydrogen-bond donors (Lipinski definition) is 3. The minimum Gasteiger partial charge on any atom is -0.480 e. The molecule has 4 N–H and O–H groups in total. The van der Waals surface area contributed by atoms with Crippen molar-refractivity contribution in [2.45, 2.75) is 51.7 Å². The van der Waals surface area contributed by atoms with Crippen molar-refractivity contribution >= 4 is 12.1 Å². The molecule has 1 atom stereocenters. The number of carbonyl (C=O) groups is 2. The third kappa shape index (κ3) is 2.54. The number of carboxylic acid groups (broad SMARTS) is 1. The van der Waals surface area contributed by atoms with Gasteiger partial charge < -0.3 is 20.9 Å². The number of aliphatic carboxylic acids is 1. The molecular weight excluding hydrogens is 248 g/mol. The van der Waals surface area contributed by atoms with Crippen molar-refractivity contribution in [1.29, 1.82) is 0 Å². The molecule has 3 rings (SSSR count). The van der Waals surface area contributed by atoms with E-state index in [4.69, 9.17) is 15.6 Å². The van der Waals surface area contributed by atoms with Crippen LogP contribution in [0.4, 0.5) is 4.79 Å². The number of carbonyl (C=O) groups excluding carboxylic acids is 1. The van der Waals surface area contributed by atoms with Gasteiger partial charge in [-0.25, -0.2) is 4.79 Å². The number of ether oxygens (including phenoxy) is 1. The molecule has 2 bridgehead atoms. The lowest BCUT2D eigenvalue weighted by Crippen LogP contribution is -2.72. The van der Waals surface area contributed by atoms with E-state index in [9.17, 15) is 9.59 Å². The highest BCUT2D eigenvalue weighted by molar-refractivity contribution is 5.75. The molecular formula is C13H22N2O4. The Bertz CT molecular complexity index is 394. The summed E-state index contributed by atoms with van der Waals surface area (Å²) in [6, 6.07) is -0.782. The van der Waals surface area contributed by atoms with Crippen LogP contribution in [0.1, 0.15) is 40.0 Å². The first-order valence-electron chi connectivity index (χ1n) is 6.53. The summed E-state index contributed by atoms with van der Waals surface area (Å²) in [5.41, 5.74) is 4.99. The molecule has 108 valence electrons. The van der Waals surface area contributed by atoms with Crippen molar-refractivity contribution in [3.05, 3.63) is 0 Å². The van der Waals surface area contributed by atoms with E-state index in [0.717, 1.165) is 19.3 Å². The van der Waals surface area contributed by atoms with Crippen LogP contribution in [-0.2, 0) is 9.53 Å². The number of rotatable bonds is 4. The highest BCUT2D eigenvalue weighted by atomic mass is 16.6. The Kier molecular flexibility index (Phi) is 3.04. The molecule has 0 aromatic rings. The molecule has 3 saturated carbocycles. The van der Waals surface area contributed by atoms with Crippen molar-refractivity contribution in [3.8, 4) is 0 Å². The SMILES string of the molecule is CC(C)(C)OC(=O)NCC12CC([C@H](N)C(=O)O)(C1)C2. The number of nitrogens with two attached hydrogens (primary N) is 1. The molecule has 3 aliphatic rings. The summed E-state index contributed by atoms with van der Waals surface area (Å²) in [6.07, 6.45) is 1.92. The Morgan fingerprint density at radius 3 is 2.32 bits per heavy atom. The monoisotopic (exact) mass is 270 g/mol. The van der Waals surface area contributed by atoms with Crippen LogP contribution in [-0.4, -0.2) is 35.4 Å². The Hall–Kier alpha value is -1.30. The second-order valence-electron chi connectivity index (χ2n) is 7.06. The van der Waals surface area contributed by atoms with Gasteiger partial charge in [0.2, 0.25) is 0 Å². The van der Waals surface area contributed by atoms with Gasteiger partial charge in [-0.1, -0.05) is 0 Å². The van der Waals surface area contributed by atoms with E-state index in [1.54, 1.807) is 0 Å². The average molecular weight is 270 g/mol. The van der Waals surface area contributed by atoms with Gasteiger partial charge in [-0.15, -0.1) is 0 Å². The number of carboxylic acids is 1. The van der Waals surface area contributed by atoms with Gasteiger partial charge in [0.05, 0.1) is 0 Å². The zero-order chi connectivity index (χ0) is 14.5. The summed E-state index contributed by atoms with van der Waals surface area (Å²) in [4.78, 5) is 22.4. The first-order valence-corrected chi connectivity index (χ1v) is 6.53. The molecule has 0 spiro atoms. The fourth-order valence-electron chi connectivity index (χ4n) is 3.44. The van der Waals surface area contributed by atoms with Gasteiger partial charge in [0, 0.05) is 6.54 Å². The maximum atomic E-state index is 11.5. The van der Waals surface area contributed by atoms with Gasteiger partial charge in [0.15, 0.2) is 0 Å². The van der Waals surface area contributed by atoms with Gasteiger partial charge >= 0.3 is 12.1 Å². The zero-order valence-electron chi connectivity index (χ0n) is 11.7. The topological polar surface area (TPSA) is 102 Å². The quantitative estimate of drug-likeness (QED) is 0.710. The first kappa shape index (κ1) is 14.1. The van der Waals surface area contributed by atoms with Crippen LogP contribution in [0.15, 0.2) is 0 Å². The fourth-order valence-corrected chi connectivity index (χ4v) is 3.44. The molecule has 19 heavy (non-hydrogen) atoms. The lowest BCUT2D eigenvalue weighted by molar-refractivity contribution is -0.217. The number of hydrogen-bond acceptors (Lipinski definition) is 4. The van der Waals surface area contributed by atoms with E-state index in [2.05, 4.69) is 5.32 Å². The zero-order valence-corrected chi connectivity index (χ0v) is 11.7. The van der Waals surface area contributed by atoms with Crippen LogP contribution >= 0.6 is 0 Å². The van der Waals surface area contributed by atoms with Crippen molar-refractivity contribution in [2.24, 2.45) is 16.6 Å². The van der Waals surface area contributed by atoms with Crippen LogP contribution in [0.5, 0.6) is 0 Å². The smallest absolute Gasteiger partial charge is 0.407 e. The maximum absolute atomic E-state index is 11.5. The molecule has 0 unspecified atom stereocenters. The Balaban J connectivity index is 1.75. The molecule has 6 heteroatoms. The molecule has 6 nitrogen and oxygen atoms in total. The highest BCUT2D eigenvalue weighted by Crippen LogP contribution is 2.74. The van der Waals surface area contributed by atoms with Gasteiger partial charge in [0.25, 0.3) is 0 Å². The molecule has 0 heterocycles. The number of amides is 1. The molecule has 0 radical (unpaired) electrons. The van der Waals surface area contributed by atoms with Gasteiger partial charge in [-0.3, -0.25) is 4.79 Å². The fraction of sp³-hybridized carbons (Fsp3) is 0.846. The van der Waals surface area contributed by atoms with E-state index < -0.39 is 23.7 Å². The van der Waals surface area contributed by atoms with E-state index in [1.165, 1.54) is 0 Å². The molecule has 0 aliphatic heterocycles. The Morgan fingerprint density at radius 2 is 1.89 bits per heavy atom. The van der Waals surface area contributed by atoms with E-state index >= 15 is 0 Å². The van der Waals surface area contributed by atoms with Crippen LogP contribution in [0, 0.1) is 10.8 Å². The first-order chi connectivity index (χ1) is 8.58. The third-order valence-corrected chi connectivity index (χ3v) is 4.11. The van der Waals surface area contributed by atoms with Crippen LogP contribution in [0.25, 0.3) is 0 Å². The summed E-state index contributed by atoms with van der Waals surface area (Å²) in [6.45, 7) is 5.98. The summed E-state index contributed by atoms with van der Waals surface area (Å²) >= 11 is 0. The second kappa shape index (κ2) is 4.10. The minimum absolute atomic E-state index is 0.0456. The minimum atomic E-state index is -0.937. The van der Waals surface area contributed by atoms with Crippen LogP contribution in [0.3, 0.4) is 0 Å². The van der Waals surface area contributed by atoms with Crippen molar-refractivity contribution in [3.63, 3.8) is 0 Å². The predicted molar refractivity (Wildman–Crippen MR) is 68.6 cm³/mol.